The Bertz CT molecular complexity index is 952. The number of aromatic nitrogens is 1. The number of carbonyl (C=O) groups excluding carboxylic acids is 1. The fourth-order valence-corrected chi connectivity index (χ4v) is 3.39. The average molecular weight is 397 g/mol. The molecule has 6 heteroatoms. The quantitative estimate of drug-likeness (QED) is 0.674. The molecule has 144 valence electrons. The third-order valence-electron chi connectivity index (χ3n) is 4.79. The highest BCUT2D eigenvalue weighted by atomic mass is 35.5. The summed E-state index contributed by atoms with van der Waals surface area (Å²) in [6.45, 7) is 1.23. The zero-order chi connectivity index (χ0) is 19.3. The summed E-state index contributed by atoms with van der Waals surface area (Å²) in [4.78, 5) is 16.4. The van der Waals surface area contributed by atoms with Gasteiger partial charge in [0.2, 0.25) is 5.91 Å². The van der Waals surface area contributed by atoms with E-state index in [9.17, 15) is 4.79 Å². The second-order valence-corrected chi connectivity index (χ2v) is 7.35. The minimum Gasteiger partial charge on any atom is -0.493 e. The molecule has 0 saturated heterocycles. The monoisotopic (exact) mass is 396 g/mol. The van der Waals surface area contributed by atoms with Crippen molar-refractivity contribution in [2.45, 2.75) is 19.3 Å². The van der Waals surface area contributed by atoms with Crippen LogP contribution in [-0.4, -0.2) is 24.0 Å². The zero-order valence-corrected chi connectivity index (χ0v) is 16.1. The van der Waals surface area contributed by atoms with Gasteiger partial charge in [-0.3, -0.25) is 4.79 Å². The molecular weight excluding hydrogens is 376 g/mol. The number of nitrogens with zero attached hydrogens (tertiary/aromatic N) is 1. The molecule has 1 amide bonds. The lowest BCUT2D eigenvalue weighted by atomic mass is 9.97. The van der Waals surface area contributed by atoms with Crippen LogP contribution in [0.1, 0.15) is 17.9 Å². The molecule has 2 aromatic carbocycles. The Morgan fingerprint density at radius 2 is 2.00 bits per heavy atom. The van der Waals surface area contributed by atoms with Gasteiger partial charge in [0.15, 0.2) is 11.7 Å². The van der Waals surface area contributed by atoms with Gasteiger partial charge in [0.05, 0.1) is 12.8 Å². The highest BCUT2D eigenvalue weighted by molar-refractivity contribution is 6.30. The summed E-state index contributed by atoms with van der Waals surface area (Å²) in [7, 11) is 0. The SMILES string of the molecule is O=C(CCc1ncc(-c2ccc(Cl)cc2)o1)NCC1COc2ccccc2C1. The molecule has 1 aromatic heterocycles. The molecule has 28 heavy (non-hydrogen) atoms. The van der Waals surface area contributed by atoms with Crippen molar-refractivity contribution >= 4 is 17.5 Å². The van der Waals surface area contributed by atoms with E-state index in [0.717, 1.165) is 17.7 Å². The van der Waals surface area contributed by atoms with Crippen LogP contribution in [0.15, 0.2) is 59.1 Å². The Labute approximate surface area is 168 Å². The third-order valence-corrected chi connectivity index (χ3v) is 5.04. The Hall–Kier alpha value is -2.79. The summed E-state index contributed by atoms with van der Waals surface area (Å²) in [5.41, 5.74) is 2.10. The molecule has 0 bridgehead atoms. The van der Waals surface area contributed by atoms with Gasteiger partial charge in [-0.15, -0.1) is 0 Å². The fourth-order valence-electron chi connectivity index (χ4n) is 3.26. The van der Waals surface area contributed by atoms with Crippen LogP contribution in [0, 0.1) is 5.92 Å². The predicted molar refractivity (Wildman–Crippen MR) is 107 cm³/mol. The molecule has 0 aliphatic carbocycles. The normalized spacial score (nSPS) is 15.5. The van der Waals surface area contributed by atoms with E-state index in [0.29, 0.717) is 42.7 Å². The number of hydrogen-bond donors (Lipinski definition) is 1. The minimum atomic E-state index is -0.00917. The van der Waals surface area contributed by atoms with Crippen LogP contribution in [0.4, 0.5) is 0 Å². The van der Waals surface area contributed by atoms with Gasteiger partial charge in [-0.2, -0.15) is 0 Å². The van der Waals surface area contributed by atoms with Gasteiger partial charge in [0.1, 0.15) is 5.75 Å². The number of oxazole rings is 1. The number of halogens is 1. The molecule has 1 aliphatic rings. The third kappa shape index (κ3) is 4.54. The number of para-hydroxylation sites is 1. The molecular formula is C22H21ClN2O3. The van der Waals surface area contributed by atoms with E-state index < -0.39 is 0 Å². The second kappa shape index (κ2) is 8.48. The molecule has 1 N–H and O–H groups in total. The second-order valence-electron chi connectivity index (χ2n) is 6.92. The summed E-state index contributed by atoms with van der Waals surface area (Å²) < 4.78 is 11.5. The number of carbonyl (C=O) groups is 1. The first-order valence-electron chi connectivity index (χ1n) is 9.35. The summed E-state index contributed by atoms with van der Waals surface area (Å²) in [5, 5.41) is 3.67. The molecule has 1 unspecified atom stereocenters. The number of amides is 1. The van der Waals surface area contributed by atoms with Gasteiger partial charge in [-0.25, -0.2) is 4.98 Å². The number of benzene rings is 2. The van der Waals surface area contributed by atoms with Gasteiger partial charge in [-0.05, 0) is 42.3 Å². The van der Waals surface area contributed by atoms with Crippen LogP contribution in [0.5, 0.6) is 5.75 Å². The maximum Gasteiger partial charge on any atom is 0.220 e. The number of rotatable bonds is 6. The molecule has 0 radical (unpaired) electrons. The Balaban J connectivity index is 1.24. The van der Waals surface area contributed by atoms with Gasteiger partial charge in [-0.1, -0.05) is 29.8 Å². The van der Waals surface area contributed by atoms with Crippen LogP contribution in [0.25, 0.3) is 11.3 Å². The Morgan fingerprint density at radius 1 is 1.18 bits per heavy atom. The van der Waals surface area contributed by atoms with Gasteiger partial charge in [0.25, 0.3) is 0 Å². The first kappa shape index (κ1) is 18.6. The van der Waals surface area contributed by atoms with Crippen molar-refractivity contribution in [1.29, 1.82) is 0 Å². The zero-order valence-electron chi connectivity index (χ0n) is 15.4. The number of nitrogens with one attached hydrogen (secondary N) is 1. The van der Waals surface area contributed by atoms with Crippen LogP contribution in [0.2, 0.25) is 5.02 Å². The van der Waals surface area contributed by atoms with Crippen LogP contribution < -0.4 is 10.1 Å². The lowest BCUT2D eigenvalue weighted by molar-refractivity contribution is -0.121. The van der Waals surface area contributed by atoms with Crippen LogP contribution in [-0.2, 0) is 17.6 Å². The summed E-state index contributed by atoms with van der Waals surface area (Å²) in [5.74, 6) is 2.45. The molecule has 5 nitrogen and oxygen atoms in total. The molecule has 1 aliphatic heterocycles. The topological polar surface area (TPSA) is 64.4 Å². The van der Waals surface area contributed by atoms with Gasteiger partial charge in [0, 0.05) is 35.9 Å². The van der Waals surface area contributed by atoms with Crippen LogP contribution >= 0.6 is 11.6 Å². The van der Waals surface area contributed by atoms with Crippen molar-refractivity contribution in [1.82, 2.24) is 10.3 Å². The van der Waals surface area contributed by atoms with Crippen molar-refractivity contribution in [2.75, 3.05) is 13.2 Å². The van der Waals surface area contributed by atoms with Crippen LogP contribution in [0.3, 0.4) is 0 Å². The standard InChI is InChI=1S/C22H21ClN2O3/c23-18-7-5-16(6-8-18)20-13-25-22(28-20)10-9-21(26)24-12-15-11-17-3-1-2-4-19(17)27-14-15/h1-8,13,15H,9-12,14H2,(H,24,26). The molecule has 1 atom stereocenters. The predicted octanol–water partition coefficient (Wildman–Crippen LogP) is 4.30. The molecule has 3 aromatic rings. The van der Waals surface area contributed by atoms with E-state index >= 15 is 0 Å². The molecule has 0 saturated carbocycles. The van der Waals surface area contributed by atoms with Crippen molar-refractivity contribution in [3.05, 3.63) is 71.2 Å². The van der Waals surface area contributed by atoms with Crippen molar-refractivity contribution < 1.29 is 13.9 Å². The van der Waals surface area contributed by atoms with Crippen molar-refractivity contribution in [3.63, 3.8) is 0 Å². The highest BCUT2D eigenvalue weighted by Crippen LogP contribution is 2.26. The van der Waals surface area contributed by atoms with E-state index in [1.165, 1.54) is 5.56 Å². The van der Waals surface area contributed by atoms with E-state index in [1.807, 2.05) is 30.3 Å². The number of fused-ring (bicyclic) bond motifs is 1. The van der Waals surface area contributed by atoms with Crippen molar-refractivity contribution in [2.24, 2.45) is 5.92 Å². The summed E-state index contributed by atoms with van der Waals surface area (Å²) in [6, 6.07) is 15.4. The van der Waals surface area contributed by atoms with E-state index in [4.69, 9.17) is 20.8 Å². The van der Waals surface area contributed by atoms with Gasteiger partial charge < -0.3 is 14.5 Å². The maximum atomic E-state index is 12.2. The minimum absolute atomic E-state index is 0.00917. The largest absolute Gasteiger partial charge is 0.493 e. The average Bonchev–Trinajstić information content (AvgIpc) is 3.20. The number of ether oxygens (including phenoxy) is 1. The number of hydrogen-bond acceptors (Lipinski definition) is 4. The first-order chi connectivity index (χ1) is 13.7. The van der Waals surface area contributed by atoms with E-state index in [1.54, 1.807) is 18.3 Å². The lowest BCUT2D eigenvalue weighted by Gasteiger charge is -2.25. The Kier molecular flexibility index (Phi) is 5.63. The van der Waals surface area contributed by atoms with E-state index in [-0.39, 0.29) is 11.8 Å². The maximum absolute atomic E-state index is 12.2. The summed E-state index contributed by atoms with van der Waals surface area (Å²) in [6.07, 6.45) is 3.39. The van der Waals surface area contributed by atoms with Crippen molar-refractivity contribution in [3.8, 4) is 17.1 Å². The fraction of sp³-hybridized carbons (Fsp3) is 0.273. The number of aryl methyl sites for hydroxylation is 1. The smallest absolute Gasteiger partial charge is 0.220 e. The molecule has 0 spiro atoms. The molecule has 4 rings (SSSR count). The first-order valence-corrected chi connectivity index (χ1v) is 9.73. The molecule has 0 fully saturated rings. The van der Waals surface area contributed by atoms with E-state index in [2.05, 4.69) is 16.4 Å². The highest BCUT2D eigenvalue weighted by Gasteiger charge is 2.20. The van der Waals surface area contributed by atoms with Gasteiger partial charge >= 0.3 is 0 Å². The Morgan fingerprint density at radius 3 is 2.86 bits per heavy atom. The molecule has 2 heterocycles. The summed E-state index contributed by atoms with van der Waals surface area (Å²) >= 11 is 5.90. The lowest BCUT2D eigenvalue weighted by Crippen LogP contribution is -2.34.